The highest BCUT2D eigenvalue weighted by Gasteiger charge is 2.13. The van der Waals surface area contributed by atoms with Gasteiger partial charge in [0.2, 0.25) is 0 Å². The van der Waals surface area contributed by atoms with Gasteiger partial charge >= 0.3 is 0 Å². The summed E-state index contributed by atoms with van der Waals surface area (Å²) in [5, 5.41) is 2.84. The maximum Gasteiger partial charge on any atom is 0.186 e. The largest absolute Gasteiger partial charge is 0.494 e. The lowest BCUT2D eigenvalue weighted by atomic mass is 10.2. The van der Waals surface area contributed by atoms with Gasteiger partial charge in [-0.05, 0) is 32.0 Å². The molecular formula is C14H15F2N3O. The summed E-state index contributed by atoms with van der Waals surface area (Å²) in [5.41, 5.74) is 0.791. The molecule has 0 saturated carbocycles. The number of rotatable bonds is 4. The van der Waals surface area contributed by atoms with Crippen molar-refractivity contribution in [3.05, 3.63) is 35.5 Å². The van der Waals surface area contributed by atoms with Gasteiger partial charge in [-0.1, -0.05) is 0 Å². The van der Waals surface area contributed by atoms with Crippen LogP contribution in [0.2, 0.25) is 0 Å². The molecule has 0 aliphatic carbocycles. The van der Waals surface area contributed by atoms with Crippen LogP contribution in [0.5, 0.6) is 5.75 Å². The summed E-state index contributed by atoms with van der Waals surface area (Å²) >= 11 is 0. The Morgan fingerprint density at radius 1 is 1.25 bits per heavy atom. The van der Waals surface area contributed by atoms with Crippen LogP contribution < -0.4 is 10.1 Å². The number of ether oxygens (including phenoxy) is 1. The molecule has 1 N–H and O–H groups in total. The summed E-state index contributed by atoms with van der Waals surface area (Å²) in [6.45, 7) is 3.94. The van der Waals surface area contributed by atoms with Gasteiger partial charge in [0.05, 0.1) is 12.8 Å². The van der Waals surface area contributed by atoms with Gasteiger partial charge in [-0.15, -0.1) is 0 Å². The number of aryl methyl sites for hydroxylation is 1. The fraction of sp³-hybridized carbons (Fsp3) is 0.286. The third-order valence-electron chi connectivity index (χ3n) is 2.77. The number of hydrogen-bond acceptors (Lipinski definition) is 4. The van der Waals surface area contributed by atoms with E-state index in [0.717, 1.165) is 0 Å². The molecule has 0 aliphatic heterocycles. The number of aromatic nitrogens is 2. The van der Waals surface area contributed by atoms with Crippen molar-refractivity contribution in [1.82, 2.24) is 9.97 Å². The van der Waals surface area contributed by atoms with Crippen LogP contribution in [-0.4, -0.2) is 23.6 Å². The van der Waals surface area contributed by atoms with Gasteiger partial charge in [0.15, 0.2) is 29.0 Å². The summed E-state index contributed by atoms with van der Waals surface area (Å²) in [4.78, 5) is 8.21. The first kappa shape index (κ1) is 14.2. The molecule has 0 atom stereocenters. The summed E-state index contributed by atoms with van der Waals surface area (Å²) in [6.07, 6.45) is 0. The molecule has 6 heteroatoms. The van der Waals surface area contributed by atoms with E-state index in [2.05, 4.69) is 15.3 Å². The number of hydrogen-bond donors (Lipinski definition) is 1. The second kappa shape index (κ2) is 5.81. The quantitative estimate of drug-likeness (QED) is 0.933. The predicted octanol–water partition coefficient (Wildman–Crippen LogP) is 3.17. The Labute approximate surface area is 115 Å². The molecule has 20 heavy (non-hydrogen) atoms. The molecule has 0 amide bonds. The fourth-order valence-electron chi connectivity index (χ4n) is 1.77. The first-order valence-electron chi connectivity index (χ1n) is 6.18. The van der Waals surface area contributed by atoms with E-state index in [4.69, 9.17) is 4.74 Å². The van der Waals surface area contributed by atoms with Gasteiger partial charge < -0.3 is 10.1 Å². The van der Waals surface area contributed by atoms with Crippen LogP contribution >= 0.6 is 0 Å². The highest BCUT2D eigenvalue weighted by molar-refractivity contribution is 5.60. The smallest absolute Gasteiger partial charge is 0.186 e. The van der Waals surface area contributed by atoms with Crippen LogP contribution in [0.4, 0.5) is 14.6 Å². The van der Waals surface area contributed by atoms with Gasteiger partial charge in [-0.3, -0.25) is 0 Å². The van der Waals surface area contributed by atoms with Crippen LogP contribution in [0.15, 0.2) is 18.2 Å². The Bertz CT molecular complexity index is 632. The molecule has 0 aliphatic rings. The Morgan fingerprint density at radius 3 is 2.65 bits per heavy atom. The zero-order valence-electron chi connectivity index (χ0n) is 11.5. The number of methoxy groups -OCH3 is 1. The third-order valence-corrected chi connectivity index (χ3v) is 2.77. The molecule has 4 nitrogen and oxygen atoms in total. The van der Waals surface area contributed by atoms with E-state index in [1.807, 2.05) is 6.92 Å². The van der Waals surface area contributed by atoms with Gasteiger partial charge in [-0.25, -0.2) is 18.7 Å². The summed E-state index contributed by atoms with van der Waals surface area (Å²) in [7, 11) is 1.38. The van der Waals surface area contributed by atoms with E-state index in [1.54, 1.807) is 6.92 Å². The highest BCUT2D eigenvalue weighted by Crippen LogP contribution is 2.26. The molecule has 106 valence electrons. The summed E-state index contributed by atoms with van der Waals surface area (Å²) in [5.74, 6) is -0.402. The van der Waals surface area contributed by atoms with Crippen molar-refractivity contribution in [3.8, 4) is 17.1 Å². The second-order valence-electron chi connectivity index (χ2n) is 4.17. The Kier molecular flexibility index (Phi) is 4.12. The van der Waals surface area contributed by atoms with Crippen molar-refractivity contribution in [2.45, 2.75) is 13.8 Å². The molecule has 0 fully saturated rings. The van der Waals surface area contributed by atoms with Gasteiger partial charge in [-0.2, -0.15) is 0 Å². The van der Waals surface area contributed by atoms with E-state index in [-0.39, 0.29) is 17.3 Å². The first-order chi connectivity index (χ1) is 9.56. The van der Waals surface area contributed by atoms with Gasteiger partial charge in [0.25, 0.3) is 0 Å². The van der Waals surface area contributed by atoms with E-state index < -0.39 is 11.6 Å². The number of nitrogens with one attached hydrogen (secondary N) is 1. The normalized spacial score (nSPS) is 10.4. The average Bonchev–Trinajstić information content (AvgIpc) is 2.44. The minimum absolute atomic E-state index is 0.0954. The van der Waals surface area contributed by atoms with Crippen molar-refractivity contribution < 1.29 is 13.5 Å². The molecule has 2 aromatic rings. The second-order valence-corrected chi connectivity index (χ2v) is 4.17. The van der Waals surface area contributed by atoms with Crippen molar-refractivity contribution in [3.63, 3.8) is 0 Å². The molecule has 1 aromatic carbocycles. The van der Waals surface area contributed by atoms with E-state index in [1.165, 1.54) is 25.3 Å². The van der Waals surface area contributed by atoms with Gasteiger partial charge in [0, 0.05) is 12.1 Å². The van der Waals surface area contributed by atoms with Crippen molar-refractivity contribution in [2.75, 3.05) is 19.0 Å². The Morgan fingerprint density at radius 2 is 2.00 bits per heavy atom. The lowest BCUT2D eigenvalue weighted by Crippen LogP contribution is -2.07. The average molecular weight is 279 g/mol. The summed E-state index contributed by atoms with van der Waals surface area (Å²) < 4.78 is 32.1. The molecule has 1 aromatic heterocycles. The standard InChI is InChI=1S/C14H15F2N3O/c1-4-17-14-12(16)8(2)18-13(19-14)9-5-6-10(15)11(7-9)20-3/h5-7H,4H2,1-3H3,(H,17,18,19). The zero-order valence-corrected chi connectivity index (χ0v) is 11.5. The molecule has 2 rings (SSSR count). The topological polar surface area (TPSA) is 47.0 Å². The van der Waals surface area contributed by atoms with Gasteiger partial charge in [0.1, 0.15) is 0 Å². The number of anilines is 1. The molecule has 0 saturated heterocycles. The van der Waals surface area contributed by atoms with E-state index in [9.17, 15) is 8.78 Å². The molecule has 0 unspecified atom stereocenters. The highest BCUT2D eigenvalue weighted by atomic mass is 19.1. The maximum absolute atomic E-state index is 13.8. The number of benzene rings is 1. The van der Waals surface area contributed by atoms with Crippen molar-refractivity contribution in [2.24, 2.45) is 0 Å². The maximum atomic E-state index is 13.8. The van der Waals surface area contributed by atoms with Crippen molar-refractivity contribution in [1.29, 1.82) is 0 Å². The lowest BCUT2D eigenvalue weighted by molar-refractivity contribution is 0.386. The SMILES string of the molecule is CCNc1nc(-c2ccc(F)c(OC)c2)nc(C)c1F. The van der Waals surface area contributed by atoms with E-state index in [0.29, 0.717) is 17.9 Å². The molecule has 0 spiro atoms. The van der Waals surface area contributed by atoms with Crippen LogP contribution in [0.1, 0.15) is 12.6 Å². The molecule has 1 heterocycles. The first-order valence-corrected chi connectivity index (χ1v) is 6.18. The molecule has 0 bridgehead atoms. The number of halogens is 2. The predicted molar refractivity (Wildman–Crippen MR) is 72.8 cm³/mol. The minimum Gasteiger partial charge on any atom is -0.494 e. The van der Waals surface area contributed by atoms with E-state index >= 15 is 0 Å². The molecule has 0 radical (unpaired) electrons. The van der Waals surface area contributed by atoms with Crippen molar-refractivity contribution >= 4 is 5.82 Å². The number of nitrogens with zero attached hydrogens (tertiary/aromatic N) is 2. The third kappa shape index (κ3) is 2.68. The van der Waals surface area contributed by atoms with Crippen LogP contribution in [-0.2, 0) is 0 Å². The Balaban J connectivity index is 2.52. The zero-order chi connectivity index (χ0) is 14.7. The van der Waals surface area contributed by atoms with Crippen LogP contribution in [0.25, 0.3) is 11.4 Å². The molecular weight excluding hydrogens is 264 g/mol. The monoisotopic (exact) mass is 279 g/mol. The minimum atomic E-state index is -0.482. The Hall–Kier alpha value is -2.24. The van der Waals surface area contributed by atoms with Crippen LogP contribution in [0.3, 0.4) is 0 Å². The fourth-order valence-corrected chi connectivity index (χ4v) is 1.77. The summed E-state index contributed by atoms with van der Waals surface area (Å²) in [6, 6.07) is 4.28. The lowest BCUT2D eigenvalue weighted by Gasteiger charge is -2.10. The van der Waals surface area contributed by atoms with Crippen LogP contribution in [0, 0.1) is 18.6 Å².